The van der Waals surface area contributed by atoms with Crippen LogP contribution in [0.4, 0.5) is 10.1 Å². The van der Waals surface area contributed by atoms with Gasteiger partial charge in [0.2, 0.25) is 0 Å². The number of anilines is 1. The van der Waals surface area contributed by atoms with Crippen LogP contribution in [0.2, 0.25) is 0 Å². The molecular weight excluding hydrogens is 291 g/mol. The Morgan fingerprint density at radius 1 is 1.19 bits per heavy atom. The van der Waals surface area contributed by atoms with Crippen molar-refractivity contribution in [2.24, 2.45) is 5.73 Å². The summed E-state index contributed by atoms with van der Waals surface area (Å²) < 4.78 is 41.0. The first kappa shape index (κ1) is 15.5. The number of benzene rings is 2. The van der Waals surface area contributed by atoms with E-state index in [-0.39, 0.29) is 6.54 Å². The van der Waals surface area contributed by atoms with E-state index in [4.69, 9.17) is 5.73 Å². The highest BCUT2D eigenvalue weighted by Crippen LogP contribution is 2.23. The second kappa shape index (κ2) is 6.24. The van der Waals surface area contributed by atoms with Gasteiger partial charge in [0, 0.05) is 6.54 Å². The van der Waals surface area contributed by atoms with Crippen molar-refractivity contribution in [2.75, 3.05) is 4.72 Å². The molecule has 0 unspecified atom stereocenters. The van der Waals surface area contributed by atoms with Crippen molar-refractivity contribution in [3.63, 3.8) is 0 Å². The van der Waals surface area contributed by atoms with Gasteiger partial charge in [-0.1, -0.05) is 31.2 Å². The molecule has 0 aromatic heterocycles. The van der Waals surface area contributed by atoms with Crippen molar-refractivity contribution in [1.29, 1.82) is 0 Å². The number of nitrogens with one attached hydrogen (secondary N) is 1. The molecule has 0 aliphatic rings. The van der Waals surface area contributed by atoms with Crippen molar-refractivity contribution in [1.82, 2.24) is 0 Å². The third-order valence-electron chi connectivity index (χ3n) is 3.16. The quantitative estimate of drug-likeness (QED) is 0.892. The molecule has 6 heteroatoms. The lowest BCUT2D eigenvalue weighted by Gasteiger charge is -2.12. The fourth-order valence-corrected chi connectivity index (χ4v) is 3.24. The summed E-state index contributed by atoms with van der Waals surface area (Å²) in [5.41, 5.74) is 7.33. The number of aryl methyl sites for hydroxylation is 1. The molecule has 4 nitrogen and oxygen atoms in total. The van der Waals surface area contributed by atoms with Crippen LogP contribution in [0, 0.1) is 5.82 Å². The van der Waals surface area contributed by atoms with Crippen LogP contribution in [0.5, 0.6) is 0 Å². The fourth-order valence-electron chi connectivity index (χ4n) is 2.01. The van der Waals surface area contributed by atoms with Crippen molar-refractivity contribution in [2.45, 2.75) is 24.8 Å². The largest absolute Gasteiger partial charge is 0.326 e. The first-order valence-corrected chi connectivity index (χ1v) is 8.05. The molecule has 3 N–H and O–H groups in total. The third kappa shape index (κ3) is 3.40. The SMILES string of the molecule is CCc1ccccc1NS(=O)(=O)c1cc(CN)ccc1F. The van der Waals surface area contributed by atoms with E-state index in [1.165, 1.54) is 12.1 Å². The van der Waals surface area contributed by atoms with Gasteiger partial charge in [-0.25, -0.2) is 12.8 Å². The first-order valence-electron chi connectivity index (χ1n) is 6.57. The number of hydrogen-bond donors (Lipinski definition) is 2. The van der Waals surface area contributed by atoms with Crippen LogP contribution in [0.3, 0.4) is 0 Å². The van der Waals surface area contributed by atoms with E-state index in [1.54, 1.807) is 12.1 Å². The summed E-state index contributed by atoms with van der Waals surface area (Å²) in [7, 11) is -3.99. The Balaban J connectivity index is 2.43. The van der Waals surface area contributed by atoms with Crippen LogP contribution >= 0.6 is 0 Å². The molecule has 0 saturated carbocycles. The number of sulfonamides is 1. The van der Waals surface area contributed by atoms with Crippen molar-refractivity contribution >= 4 is 15.7 Å². The number of rotatable bonds is 5. The van der Waals surface area contributed by atoms with Gasteiger partial charge in [-0.2, -0.15) is 0 Å². The van der Waals surface area contributed by atoms with Crippen LogP contribution in [0.25, 0.3) is 0 Å². The summed E-state index contributed by atoms with van der Waals surface area (Å²) in [5.74, 6) is -0.798. The number of hydrogen-bond acceptors (Lipinski definition) is 3. The molecule has 0 bridgehead atoms. The van der Waals surface area contributed by atoms with Gasteiger partial charge in [-0.3, -0.25) is 4.72 Å². The van der Waals surface area contributed by atoms with E-state index in [9.17, 15) is 12.8 Å². The average Bonchev–Trinajstić information content (AvgIpc) is 2.47. The Morgan fingerprint density at radius 3 is 2.57 bits per heavy atom. The molecule has 0 saturated heterocycles. The molecule has 0 spiro atoms. The zero-order chi connectivity index (χ0) is 15.5. The number of para-hydroxylation sites is 1. The normalized spacial score (nSPS) is 11.4. The van der Waals surface area contributed by atoms with Gasteiger partial charge in [0.25, 0.3) is 10.0 Å². The van der Waals surface area contributed by atoms with Gasteiger partial charge in [0.15, 0.2) is 0 Å². The van der Waals surface area contributed by atoms with E-state index in [2.05, 4.69) is 4.72 Å². The highest BCUT2D eigenvalue weighted by Gasteiger charge is 2.20. The molecule has 0 aliphatic carbocycles. The molecule has 0 atom stereocenters. The molecule has 0 fully saturated rings. The van der Waals surface area contributed by atoms with Gasteiger partial charge in [-0.15, -0.1) is 0 Å². The molecule has 0 aliphatic heterocycles. The molecule has 0 radical (unpaired) electrons. The van der Waals surface area contributed by atoms with Gasteiger partial charge in [0.1, 0.15) is 10.7 Å². The molecular formula is C15H17FN2O2S. The van der Waals surface area contributed by atoms with E-state index in [0.717, 1.165) is 11.6 Å². The zero-order valence-corrected chi connectivity index (χ0v) is 12.5. The summed E-state index contributed by atoms with van der Waals surface area (Å²) in [5, 5.41) is 0. The molecule has 21 heavy (non-hydrogen) atoms. The van der Waals surface area contributed by atoms with Crippen LogP contribution in [-0.2, 0) is 23.0 Å². The molecule has 2 aromatic rings. The minimum atomic E-state index is -3.99. The molecule has 2 aromatic carbocycles. The van der Waals surface area contributed by atoms with Crippen LogP contribution in [-0.4, -0.2) is 8.42 Å². The van der Waals surface area contributed by atoms with Gasteiger partial charge >= 0.3 is 0 Å². The molecule has 0 heterocycles. The maximum absolute atomic E-state index is 13.8. The lowest BCUT2D eigenvalue weighted by molar-refractivity contribution is 0.569. The van der Waals surface area contributed by atoms with Crippen LogP contribution in [0.1, 0.15) is 18.1 Å². The lowest BCUT2D eigenvalue weighted by Crippen LogP contribution is -2.16. The Bertz CT molecular complexity index is 745. The fraction of sp³-hybridized carbons (Fsp3) is 0.200. The lowest BCUT2D eigenvalue weighted by atomic mass is 10.1. The van der Waals surface area contributed by atoms with E-state index < -0.39 is 20.7 Å². The van der Waals surface area contributed by atoms with Gasteiger partial charge < -0.3 is 5.73 Å². The molecule has 0 amide bonds. The van der Waals surface area contributed by atoms with E-state index in [0.29, 0.717) is 17.7 Å². The predicted molar refractivity (Wildman–Crippen MR) is 80.9 cm³/mol. The average molecular weight is 308 g/mol. The minimum absolute atomic E-state index is 0.147. The minimum Gasteiger partial charge on any atom is -0.326 e. The second-order valence-electron chi connectivity index (χ2n) is 4.59. The first-order chi connectivity index (χ1) is 9.97. The third-order valence-corrected chi connectivity index (χ3v) is 4.54. The topological polar surface area (TPSA) is 72.2 Å². The molecule has 2 rings (SSSR count). The smallest absolute Gasteiger partial charge is 0.264 e. The summed E-state index contributed by atoms with van der Waals surface area (Å²) in [6.45, 7) is 2.07. The number of halogens is 1. The predicted octanol–water partition coefficient (Wildman–Crippen LogP) is 2.65. The Hall–Kier alpha value is -1.92. The Kier molecular flexibility index (Phi) is 4.59. The standard InChI is InChI=1S/C15H17FN2O2S/c1-2-12-5-3-4-6-14(12)18-21(19,20)15-9-11(10-17)7-8-13(15)16/h3-9,18H,2,10,17H2,1H3. The molecule has 112 valence electrons. The Morgan fingerprint density at radius 2 is 1.90 bits per heavy atom. The highest BCUT2D eigenvalue weighted by atomic mass is 32.2. The Labute approximate surface area is 123 Å². The van der Waals surface area contributed by atoms with Crippen molar-refractivity contribution in [3.05, 3.63) is 59.4 Å². The van der Waals surface area contributed by atoms with Crippen LogP contribution in [0.15, 0.2) is 47.4 Å². The summed E-state index contributed by atoms with van der Waals surface area (Å²) in [6.07, 6.45) is 0.671. The summed E-state index contributed by atoms with van der Waals surface area (Å²) >= 11 is 0. The number of nitrogens with two attached hydrogens (primary N) is 1. The summed E-state index contributed by atoms with van der Waals surface area (Å²) in [6, 6.07) is 10.9. The maximum atomic E-state index is 13.8. The van der Waals surface area contributed by atoms with E-state index in [1.807, 2.05) is 19.1 Å². The van der Waals surface area contributed by atoms with Crippen LogP contribution < -0.4 is 10.5 Å². The zero-order valence-electron chi connectivity index (χ0n) is 11.6. The maximum Gasteiger partial charge on any atom is 0.264 e. The van der Waals surface area contributed by atoms with E-state index >= 15 is 0 Å². The van der Waals surface area contributed by atoms with Gasteiger partial charge in [-0.05, 0) is 35.7 Å². The second-order valence-corrected chi connectivity index (χ2v) is 6.24. The van der Waals surface area contributed by atoms with Crippen molar-refractivity contribution < 1.29 is 12.8 Å². The monoisotopic (exact) mass is 308 g/mol. The summed E-state index contributed by atoms with van der Waals surface area (Å²) in [4.78, 5) is -0.392. The van der Waals surface area contributed by atoms with Crippen molar-refractivity contribution in [3.8, 4) is 0 Å². The highest BCUT2D eigenvalue weighted by molar-refractivity contribution is 7.92. The van der Waals surface area contributed by atoms with Gasteiger partial charge in [0.05, 0.1) is 5.69 Å².